The first-order valence-corrected chi connectivity index (χ1v) is 11.2. The van der Waals surface area contributed by atoms with E-state index in [1.54, 1.807) is 6.07 Å². The molecule has 2 nitrogen and oxygen atoms in total. The van der Waals surface area contributed by atoms with Gasteiger partial charge in [-0.15, -0.1) is 0 Å². The van der Waals surface area contributed by atoms with E-state index in [0.717, 1.165) is 32.6 Å². The Morgan fingerprint density at radius 2 is 1.65 bits per heavy atom. The number of nitrogens with one attached hydrogen (secondary N) is 1. The van der Waals surface area contributed by atoms with Gasteiger partial charge in [-0.25, -0.2) is 0 Å². The van der Waals surface area contributed by atoms with Crippen molar-refractivity contribution in [2.75, 3.05) is 0 Å². The maximum atomic E-state index is 13.1. The number of aromatic amines is 1. The number of hydrogen-bond acceptors (Lipinski definition) is 2. The molecule has 0 spiro atoms. The second kappa shape index (κ2) is 7.16. The lowest BCUT2D eigenvalue weighted by Gasteiger charge is -2.05. The van der Waals surface area contributed by atoms with Crippen molar-refractivity contribution < 1.29 is 4.79 Å². The molecule has 0 saturated carbocycles. The molecule has 0 atom stereocenters. The van der Waals surface area contributed by atoms with Crippen molar-refractivity contribution in [1.29, 1.82) is 0 Å². The van der Waals surface area contributed by atoms with Gasteiger partial charge in [0, 0.05) is 31.9 Å². The number of carbonyl (C=O) groups excluding carboxylic acids is 1. The molecule has 0 fully saturated rings. The molecule has 148 valence electrons. The van der Waals surface area contributed by atoms with Gasteiger partial charge in [-0.3, -0.25) is 4.79 Å². The van der Waals surface area contributed by atoms with Crippen molar-refractivity contribution in [2.24, 2.45) is 0 Å². The molecule has 1 aliphatic rings. The largest absolute Gasteiger partial charge is 0.354 e. The standard InChI is InChI=1S/C27H16ClNOS/c28-19-11-12-24-22(14-19)27(30)25(31-24)15-21-20-7-3-4-8-23(20)29-26(21)18-10-9-16-5-1-2-6-17(16)13-18/h1-15,29H/b25-15-. The lowest BCUT2D eigenvalue weighted by Crippen LogP contribution is -1.94. The average Bonchev–Trinajstić information content (AvgIpc) is 3.32. The van der Waals surface area contributed by atoms with Crippen LogP contribution >= 0.6 is 23.4 Å². The molecule has 0 saturated heterocycles. The van der Waals surface area contributed by atoms with Crippen LogP contribution in [0.3, 0.4) is 0 Å². The number of carbonyl (C=O) groups is 1. The number of Topliss-reactive ketones (excluding diaryl/α,β-unsaturated/α-hetero) is 1. The van der Waals surface area contributed by atoms with E-state index in [0.29, 0.717) is 15.5 Å². The molecule has 31 heavy (non-hydrogen) atoms. The van der Waals surface area contributed by atoms with E-state index in [1.807, 2.05) is 36.4 Å². The zero-order chi connectivity index (χ0) is 20.9. The highest BCUT2D eigenvalue weighted by molar-refractivity contribution is 8.04. The maximum absolute atomic E-state index is 13.1. The quantitative estimate of drug-likeness (QED) is 0.284. The van der Waals surface area contributed by atoms with Gasteiger partial charge in [0.05, 0.1) is 10.6 Å². The highest BCUT2D eigenvalue weighted by atomic mass is 35.5. The Bertz CT molecular complexity index is 1550. The molecule has 1 N–H and O–H groups in total. The van der Waals surface area contributed by atoms with Crippen LogP contribution in [0.2, 0.25) is 5.02 Å². The highest BCUT2D eigenvalue weighted by Crippen LogP contribution is 2.43. The third-order valence-corrected chi connectivity index (χ3v) is 7.02. The van der Waals surface area contributed by atoms with Gasteiger partial charge in [0.2, 0.25) is 5.78 Å². The summed E-state index contributed by atoms with van der Waals surface area (Å²) in [6.07, 6.45) is 2.02. The van der Waals surface area contributed by atoms with Crippen LogP contribution in [0.4, 0.5) is 0 Å². The van der Waals surface area contributed by atoms with Gasteiger partial charge in [0.1, 0.15) is 0 Å². The van der Waals surface area contributed by atoms with Crippen LogP contribution in [0, 0.1) is 0 Å². The monoisotopic (exact) mass is 437 g/mol. The second-order valence-electron chi connectivity index (χ2n) is 7.60. The smallest absolute Gasteiger partial charge is 0.200 e. The van der Waals surface area contributed by atoms with E-state index in [2.05, 4.69) is 53.5 Å². The zero-order valence-corrected chi connectivity index (χ0v) is 17.9. The first-order chi connectivity index (χ1) is 15.2. The van der Waals surface area contributed by atoms with Crippen molar-refractivity contribution in [3.8, 4) is 11.3 Å². The Hall–Kier alpha value is -3.27. The minimum absolute atomic E-state index is 0.0252. The van der Waals surface area contributed by atoms with Crippen LogP contribution in [-0.4, -0.2) is 10.8 Å². The van der Waals surface area contributed by atoms with Crippen LogP contribution < -0.4 is 0 Å². The summed E-state index contributed by atoms with van der Waals surface area (Å²) in [6, 6.07) is 28.5. The summed E-state index contributed by atoms with van der Waals surface area (Å²) in [7, 11) is 0. The number of halogens is 1. The third kappa shape index (κ3) is 3.09. The van der Waals surface area contributed by atoms with Gasteiger partial charge in [-0.2, -0.15) is 0 Å². The Labute approximate surface area is 188 Å². The van der Waals surface area contributed by atoms with E-state index >= 15 is 0 Å². The van der Waals surface area contributed by atoms with E-state index in [4.69, 9.17) is 11.6 Å². The molecule has 4 aromatic carbocycles. The number of rotatable bonds is 2. The molecule has 2 heterocycles. The van der Waals surface area contributed by atoms with Crippen molar-refractivity contribution in [3.63, 3.8) is 0 Å². The van der Waals surface area contributed by atoms with Gasteiger partial charge in [-0.1, -0.05) is 78.0 Å². The van der Waals surface area contributed by atoms with Crippen LogP contribution in [0.1, 0.15) is 15.9 Å². The fraction of sp³-hybridized carbons (Fsp3) is 0. The van der Waals surface area contributed by atoms with Gasteiger partial charge in [0.15, 0.2) is 0 Å². The van der Waals surface area contributed by atoms with E-state index < -0.39 is 0 Å². The Morgan fingerprint density at radius 3 is 2.55 bits per heavy atom. The molecule has 0 amide bonds. The number of para-hydroxylation sites is 1. The summed E-state index contributed by atoms with van der Waals surface area (Å²) >= 11 is 7.63. The van der Waals surface area contributed by atoms with Gasteiger partial charge >= 0.3 is 0 Å². The predicted octanol–water partition coefficient (Wildman–Crippen LogP) is 7.97. The highest BCUT2D eigenvalue weighted by Gasteiger charge is 2.27. The molecule has 4 heteroatoms. The van der Waals surface area contributed by atoms with Crippen molar-refractivity contribution in [1.82, 2.24) is 4.98 Å². The number of aromatic nitrogens is 1. The van der Waals surface area contributed by atoms with Crippen molar-refractivity contribution >= 4 is 56.9 Å². The SMILES string of the molecule is O=C1/C(=C/c2c(-c3ccc4ccccc4c3)[nH]c3ccccc23)Sc2ccc(Cl)cc21. The zero-order valence-electron chi connectivity index (χ0n) is 16.4. The van der Waals surface area contributed by atoms with E-state index in [1.165, 1.54) is 22.5 Å². The van der Waals surface area contributed by atoms with Crippen LogP contribution in [-0.2, 0) is 0 Å². The number of fused-ring (bicyclic) bond motifs is 3. The number of ketones is 1. The minimum Gasteiger partial charge on any atom is -0.354 e. The Balaban J connectivity index is 1.55. The number of allylic oxidation sites excluding steroid dienone is 1. The fourth-order valence-corrected chi connectivity index (χ4v) is 5.36. The summed E-state index contributed by atoms with van der Waals surface area (Å²) in [5, 5.41) is 4.07. The Kier molecular flexibility index (Phi) is 4.27. The second-order valence-corrected chi connectivity index (χ2v) is 9.12. The molecule has 1 aliphatic heterocycles. The molecule has 0 bridgehead atoms. The van der Waals surface area contributed by atoms with Crippen LogP contribution in [0.25, 0.3) is 39.0 Å². The van der Waals surface area contributed by atoms with Gasteiger partial charge in [0.25, 0.3) is 0 Å². The average molecular weight is 438 g/mol. The number of benzene rings is 4. The summed E-state index contributed by atoms with van der Waals surface area (Å²) < 4.78 is 0. The van der Waals surface area contributed by atoms with Crippen molar-refractivity contribution in [3.05, 3.63) is 106 Å². The normalized spacial score (nSPS) is 14.6. The van der Waals surface area contributed by atoms with Crippen LogP contribution in [0.5, 0.6) is 0 Å². The van der Waals surface area contributed by atoms with E-state index in [9.17, 15) is 4.79 Å². The first kappa shape index (κ1) is 18.5. The fourth-order valence-electron chi connectivity index (χ4n) is 4.18. The summed E-state index contributed by atoms with van der Waals surface area (Å²) in [5.74, 6) is 0.0252. The van der Waals surface area contributed by atoms with Gasteiger partial charge in [-0.05, 0) is 52.7 Å². The molecular formula is C27H16ClNOS. The summed E-state index contributed by atoms with van der Waals surface area (Å²) in [5.41, 5.74) is 4.87. The summed E-state index contributed by atoms with van der Waals surface area (Å²) in [4.78, 5) is 18.3. The maximum Gasteiger partial charge on any atom is 0.200 e. The first-order valence-electron chi connectivity index (χ1n) is 10.0. The molecule has 0 radical (unpaired) electrons. The molecule has 0 aliphatic carbocycles. The minimum atomic E-state index is 0.0252. The molecule has 0 unspecified atom stereocenters. The molecule has 6 rings (SSSR count). The third-order valence-electron chi connectivity index (χ3n) is 5.69. The predicted molar refractivity (Wildman–Crippen MR) is 131 cm³/mol. The number of hydrogen-bond donors (Lipinski definition) is 1. The topological polar surface area (TPSA) is 32.9 Å². The van der Waals surface area contributed by atoms with Crippen LogP contribution in [0.15, 0.2) is 94.7 Å². The number of thioether (sulfide) groups is 1. The lowest BCUT2D eigenvalue weighted by molar-refractivity contribution is 0.104. The van der Waals surface area contributed by atoms with E-state index in [-0.39, 0.29) is 5.78 Å². The lowest BCUT2D eigenvalue weighted by atomic mass is 10.0. The Morgan fingerprint density at radius 1 is 0.839 bits per heavy atom. The number of H-pyrrole nitrogens is 1. The summed E-state index contributed by atoms with van der Waals surface area (Å²) in [6.45, 7) is 0. The molecule has 5 aromatic rings. The van der Waals surface area contributed by atoms with Gasteiger partial charge < -0.3 is 4.98 Å². The van der Waals surface area contributed by atoms with Crippen molar-refractivity contribution in [2.45, 2.75) is 4.90 Å². The molecular weight excluding hydrogens is 422 g/mol. The molecule has 1 aromatic heterocycles.